The standard InChI is InChI=1S/C38H39ClF3N3O4S/c1-27-13-11-12-16-29(27)25-44(35(23-28-14-5-2-6-15-28)37(47)43-30-17-7-3-8-18-30)36(46)26-45(50(48,49)32-19-9-4-10-20-32)31-21-22-34(39)33(24-31)38(40,41)42/h2,4-6,9-16,19-22,24,30,35H,3,7-8,17-18,23,25-26H2,1H3,(H,43,47)/t35-/m1/s1. The highest BCUT2D eigenvalue weighted by molar-refractivity contribution is 7.92. The van der Waals surface area contributed by atoms with Crippen LogP contribution in [0.5, 0.6) is 0 Å². The van der Waals surface area contributed by atoms with Crippen LogP contribution in [0.4, 0.5) is 18.9 Å². The first-order valence-electron chi connectivity index (χ1n) is 16.5. The Morgan fingerprint density at radius 3 is 2.14 bits per heavy atom. The van der Waals surface area contributed by atoms with E-state index in [1.165, 1.54) is 29.2 Å². The molecule has 0 bridgehead atoms. The zero-order valence-electron chi connectivity index (χ0n) is 27.6. The van der Waals surface area contributed by atoms with Crippen LogP contribution in [0.2, 0.25) is 5.02 Å². The molecule has 12 heteroatoms. The van der Waals surface area contributed by atoms with Crippen molar-refractivity contribution in [2.75, 3.05) is 10.8 Å². The number of rotatable bonds is 12. The lowest BCUT2D eigenvalue weighted by molar-refractivity contribution is -0.140. The SMILES string of the molecule is Cc1ccccc1CN(C(=O)CN(c1ccc(Cl)c(C(F)(F)F)c1)S(=O)(=O)c1ccccc1)[C@H](Cc1ccccc1)C(=O)NC1CCCCC1. The highest BCUT2D eigenvalue weighted by Gasteiger charge is 2.38. The Bertz CT molecular complexity index is 1890. The van der Waals surface area contributed by atoms with Crippen LogP contribution < -0.4 is 9.62 Å². The van der Waals surface area contributed by atoms with Crippen molar-refractivity contribution in [3.8, 4) is 0 Å². The van der Waals surface area contributed by atoms with Crippen molar-refractivity contribution in [2.45, 2.75) is 75.1 Å². The van der Waals surface area contributed by atoms with Crippen LogP contribution in [0, 0.1) is 6.92 Å². The fourth-order valence-electron chi connectivity index (χ4n) is 6.20. The molecular formula is C38H39ClF3N3O4S. The maximum Gasteiger partial charge on any atom is 0.417 e. The lowest BCUT2D eigenvalue weighted by atomic mass is 9.94. The molecule has 4 aromatic carbocycles. The lowest BCUT2D eigenvalue weighted by Gasteiger charge is -2.35. The Hall–Kier alpha value is -4.35. The number of carbonyl (C=O) groups excluding carboxylic acids is 2. The van der Waals surface area contributed by atoms with Crippen LogP contribution >= 0.6 is 11.6 Å². The van der Waals surface area contributed by atoms with Gasteiger partial charge in [-0.15, -0.1) is 0 Å². The molecule has 1 N–H and O–H groups in total. The van der Waals surface area contributed by atoms with Gasteiger partial charge in [-0.25, -0.2) is 8.42 Å². The molecule has 1 saturated carbocycles. The van der Waals surface area contributed by atoms with Gasteiger partial charge in [0.05, 0.1) is 21.2 Å². The minimum Gasteiger partial charge on any atom is -0.352 e. The number of nitrogens with one attached hydrogen (secondary N) is 1. The molecule has 0 saturated heterocycles. The molecule has 0 heterocycles. The third-order valence-electron chi connectivity index (χ3n) is 8.98. The van der Waals surface area contributed by atoms with E-state index in [1.54, 1.807) is 12.1 Å². The monoisotopic (exact) mass is 725 g/mol. The lowest BCUT2D eigenvalue weighted by Crippen LogP contribution is -2.55. The molecule has 264 valence electrons. The molecule has 2 amide bonds. The molecule has 50 heavy (non-hydrogen) atoms. The first-order chi connectivity index (χ1) is 23.8. The summed E-state index contributed by atoms with van der Waals surface area (Å²) in [4.78, 5) is 30.0. The van der Waals surface area contributed by atoms with Crippen molar-refractivity contribution >= 4 is 39.1 Å². The van der Waals surface area contributed by atoms with Crippen LogP contribution in [-0.2, 0) is 38.8 Å². The summed E-state index contributed by atoms with van der Waals surface area (Å²) in [6.45, 7) is 0.934. The van der Waals surface area contributed by atoms with Crippen LogP contribution in [0.3, 0.4) is 0 Å². The molecule has 7 nitrogen and oxygen atoms in total. The third kappa shape index (κ3) is 9.05. The number of nitrogens with zero attached hydrogens (tertiary/aromatic N) is 2. The van der Waals surface area contributed by atoms with E-state index >= 15 is 0 Å². The minimum absolute atomic E-state index is 0.0469. The normalized spacial score (nSPS) is 14.5. The number of carbonyl (C=O) groups is 2. The fourth-order valence-corrected chi connectivity index (χ4v) is 7.86. The van der Waals surface area contributed by atoms with Crippen LogP contribution in [0.15, 0.2) is 108 Å². The zero-order chi connectivity index (χ0) is 35.9. The van der Waals surface area contributed by atoms with Gasteiger partial charge in [0.25, 0.3) is 10.0 Å². The molecular weight excluding hydrogens is 687 g/mol. The van der Waals surface area contributed by atoms with Crippen molar-refractivity contribution < 1.29 is 31.2 Å². The minimum atomic E-state index is -4.89. The van der Waals surface area contributed by atoms with Gasteiger partial charge < -0.3 is 10.2 Å². The van der Waals surface area contributed by atoms with Gasteiger partial charge in [-0.1, -0.05) is 104 Å². The van der Waals surface area contributed by atoms with Gasteiger partial charge in [0, 0.05) is 19.0 Å². The number of amides is 2. The van der Waals surface area contributed by atoms with E-state index < -0.39 is 51.0 Å². The number of hydrogen-bond acceptors (Lipinski definition) is 4. The maximum atomic E-state index is 14.7. The van der Waals surface area contributed by atoms with Crippen molar-refractivity contribution in [1.82, 2.24) is 10.2 Å². The van der Waals surface area contributed by atoms with Crippen LogP contribution in [0.1, 0.15) is 54.4 Å². The molecule has 1 aliphatic rings. The summed E-state index contributed by atoms with van der Waals surface area (Å²) in [5, 5.41) is 2.52. The quantitative estimate of drug-likeness (QED) is 0.161. The van der Waals surface area contributed by atoms with Crippen molar-refractivity contribution in [3.05, 3.63) is 130 Å². The van der Waals surface area contributed by atoms with Gasteiger partial charge in [-0.2, -0.15) is 13.2 Å². The predicted molar refractivity (Wildman–Crippen MR) is 188 cm³/mol. The van der Waals surface area contributed by atoms with E-state index in [1.807, 2.05) is 55.5 Å². The summed E-state index contributed by atoms with van der Waals surface area (Å²) in [7, 11) is -4.59. The number of sulfonamides is 1. The van der Waals surface area contributed by atoms with Crippen molar-refractivity contribution in [2.24, 2.45) is 0 Å². The number of anilines is 1. The Morgan fingerprint density at radius 2 is 1.50 bits per heavy atom. The number of aryl methyl sites for hydroxylation is 1. The smallest absolute Gasteiger partial charge is 0.352 e. The van der Waals surface area contributed by atoms with Gasteiger partial charge >= 0.3 is 6.18 Å². The average molecular weight is 726 g/mol. The summed E-state index contributed by atoms with van der Waals surface area (Å²) in [6.07, 6.45) is -0.158. The molecule has 1 fully saturated rings. The second-order valence-corrected chi connectivity index (χ2v) is 14.8. The molecule has 1 aliphatic carbocycles. The summed E-state index contributed by atoms with van der Waals surface area (Å²) in [6, 6.07) is 25.2. The largest absolute Gasteiger partial charge is 0.417 e. The van der Waals surface area contributed by atoms with E-state index in [-0.39, 0.29) is 29.8 Å². The number of halogens is 4. The predicted octanol–water partition coefficient (Wildman–Crippen LogP) is 7.95. The fraction of sp³-hybridized carbons (Fsp3) is 0.316. The van der Waals surface area contributed by atoms with E-state index in [0.717, 1.165) is 60.9 Å². The van der Waals surface area contributed by atoms with Crippen LogP contribution in [-0.4, -0.2) is 43.8 Å². The second-order valence-electron chi connectivity index (χ2n) is 12.5. The molecule has 0 unspecified atom stereocenters. The first kappa shape index (κ1) is 36.9. The zero-order valence-corrected chi connectivity index (χ0v) is 29.1. The maximum absolute atomic E-state index is 14.7. The molecule has 0 aromatic heterocycles. The summed E-state index contributed by atoms with van der Waals surface area (Å²) in [5.74, 6) is -1.15. The molecule has 0 spiro atoms. The van der Waals surface area contributed by atoms with E-state index in [9.17, 15) is 31.2 Å². The summed E-state index contributed by atoms with van der Waals surface area (Å²) < 4.78 is 71.0. The average Bonchev–Trinajstić information content (AvgIpc) is 3.10. The Balaban J connectivity index is 1.61. The topological polar surface area (TPSA) is 86.8 Å². The highest BCUT2D eigenvalue weighted by atomic mass is 35.5. The van der Waals surface area contributed by atoms with Gasteiger partial charge in [0.15, 0.2) is 0 Å². The van der Waals surface area contributed by atoms with Gasteiger partial charge in [-0.3, -0.25) is 13.9 Å². The third-order valence-corrected chi connectivity index (χ3v) is 11.1. The van der Waals surface area contributed by atoms with Crippen molar-refractivity contribution in [1.29, 1.82) is 0 Å². The van der Waals surface area contributed by atoms with E-state index in [2.05, 4.69) is 5.32 Å². The molecule has 4 aromatic rings. The Labute approximate surface area is 296 Å². The first-order valence-corrected chi connectivity index (χ1v) is 18.3. The second kappa shape index (κ2) is 16.1. The molecule has 5 rings (SSSR count). The molecule has 0 aliphatic heterocycles. The Morgan fingerprint density at radius 1 is 0.880 bits per heavy atom. The highest BCUT2D eigenvalue weighted by Crippen LogP contribution is 2.38. The number of benzene rings is 4. The van der Waals surface area contributed by atoms with Gasteiger partial charge in [0.1, 0.15) is 12.6 Å². The van der Waals surface area contributed by atoms with E-state index in [4.69, 9.17) is 11.6 Å². The number of hydrogen-bond donors (Lipinski definition) is 1. The van der Waals surface area contributed by atoms with Gasteiger partial charge in [-0.05, 0) is 66.8 Å². The Kier molecular flexibility index (Phi) is 11.9. The van der Waals surface area contributed by atoms with Crippen LogP contribution in [0.25, 0.3) is 0 Å². The van der Waals surface area contributed by atoms with Crippen molar-refractivity contribution in [3.63, 3.8) is 0 Å². The summed E-state index contributed by atoms with van der Waals surface area (Å²) in [5.41, 5.74) is 0.703. The molecule has 1 atom stereocenters. The molecule has 0 radical (unpaired) electrons. The summed E-state index contributed by atoms with van der Waals surface area (Å²) >= 11 is 5.90. The van der Waals surface area contributed by atoms with E-state index in [0.29, 0.717) is 10.4 Å². The van der Waals surface area contributed by atoms with Gasteiger partial charge in [0.2, 0.25) is 11.8 Å². The number of alkyl halides is 3.